The number of piperazine rings is 1. The summed E-state index contributed by atoms with van der Waals surface area (Å²) in [5.74, 6) is 0.287. The molecular formula is C18H20F3N3O2. The fourth-order valence-corrected chi connectivity index (χ4v) is 3.08. The molecule has 1 aliphatic rings. The number of nitrogens with zero attached hydrogens (tertiary/aromatic N) is 2. The fraction of sp³-hybridized carbons (Fsp3) is 0.389. The van der Waals surface area contributed by atoms with Crippen molar-refractivity contribution in [3.63, 3.8) is 0 Å². The molecule has 26 heavy (non-hydrogen) atoms. The number of hydrogen-bond donors (Lipinski definition) is 1. The minimum atomic E-state index is -4.70. The second-order valence-corrected chi connectivity index (χ2v) is 5.94. The van der Waals surface area contributed by atoms with Gasteiger partial charge in [0.15, 0.2) is 0 Å². The molecule has 0 bridgehead atoms. The van der Waals surface area contributed by atoms with Gasteiger partial charge in [0, 0.05) is 38.4 Å². The van der Waals surface area contributed by atoms with Crippen LogP contribution >= 0.6 is 0 Å². The first-order chi connectivity index (χ1) is 12.5. The maximum atomic E-state index is 12.4. The van der Waals surface area contributed by atoms with Crippen molar-refractivity contribution in [2.45, 2.75) is 12.4 Å². The Hall–Kier alpha value is -2.32. The van der Waals surface area contributed by atoms with E-state index in [1.165, 1.54) is 12.1 Å². The highest BCUT2D eigenvalue weighted by Gasteiger charge is 2.31. The predicted octanol–water partition coefficient (Wildman–Crippen LogP) is 2.98. The van der Waals surface area contributed by atoms with Crippen molar-refractivity contribution < 1.29 is 22.6 Å². The zero-order valence-electron chi connectivity index (χ0n) is 14.3. The van der Waals surface area contributed by atoms with E-state index < -0.39 is 6.36 Å². The van der Waals surface area contributed by atoms with E-state index in [1.54, 1.807) is 31.5 Å². The van der Waals surface area contributed by atoms with Crippen LogP contribution in [0.5, 0.6) is 11.6 Å². The molecule has 1 aliphatic heterocycles. The molecule has 1 saturated heterocycles. The van der Waals surface area contributed by atoms with Gasteiger partial charge in [-0.15, -0.1) is 13.2 Å². The third-order valence-electron chi connectivity index (χ3n) is 4.23. The van der Waals surface area contributed by atoms with E-state index in [9.17, 15) is 13.2 Å². The van der Waals surface area contributed by atoms with Crippen molar-refractivity contribution in [1.82, 2.24) is 15.2 Å². The molecule has 8 heteroatoms. The molecule has 0 spiro atoms. The molecule has 0 amide bonds. The predicted molar refractivity (Wildman–Crippen MR) is 90.2 cm³/mol. The van der Waals surface area contributed by atoms with E-state index >= 15 is 0 Å². The average molecular weight is 367 g/mol. The molecule has 3 rings (SSSR count). The summed E-state index contributed by atoms with van der Waals surface area (Å²) in [6.45, 7) is 3.37. The fourth-order valence-electron chi connectivity index (χ4n) is 3.08. The topological polar surface area (TPSA) is 46.6 Å². The lowest BCUT2D eigenvalue weighted by Gasteiger charge is -2.35. The van der Waals surface area contributed by atoms with Gasteiger partial charge < -0.3 is 14.8 Å². The average Bonchev–Trinajstić information content (AvgIpc) is 2.64. The summed E-state index contributed by atoms with van der Waals surface area (Å²) in [4.78, 5) is 6.54. The summed E-state index contributed by atoms with van der Waals surface area (Å²) in [5, 5.41) is 3.30. The van der Waals surface area contributed by atoms with Crippen LogP contribution in [0.4, 0.5) is 13.2 Å². The van der Waals surface area contributed by atoms with Crippen LogP contribution in [0.3, 0.4) is 0 Å². The third kappa shape index (κ3) is 4.64. The van der Waals surface area contributed by atoms with E-state index in [-0.39, 0.29) is 11.8 Å². The Labute approximate surface area is 149 Å². The number of aromatic nitrogens is 1. The zero-order chi connectivity index (χ0) is 18.6. The summed E-state index contributed by atoms with van der Waals surface area (Å²) in [6, 6.07) is 9.63. The minimum absolute atomic E-state index is 0.101. The summed E-state index contributed by atoms with van der Waals surface area (Å²) in [5.41, 5.74) is 1.84. The summed E-state index contributed by atoms with van der Waals surface area (Å²) < 4.78 is 46.2. The molecular weight excluding hydrogens is 347 g/mol. The van der Waals surface area contributed by atoms with Crippen molar-refractivity contribution >= 4 is 0 Å². The van der Waals surface area contributed by atoms with E-state index in [1.807, 2.05) is 6.07 Å². The van der Waals surface area contributed by atoms with Crippen LogP contribution in [0.2, 0.25) is 0 Å². The first kappa shape index (κ1) is 18.5. The third-order valence-corrected chi connectivity index (χ3v) is 4.23. The number of halogens is 3. The molecule has 140 valence electrons. The molecule has 2 aromatic rings. The van der Waals surface area contributed by atoms with E-state index in [2.05, 4.69) is 19.9 Å². The van der Waals surface area contributed by atoms with Crippen molar-refractivity contribution in [2.75, 3.05) is 33.3 Å². The first-order valence-corrected chi connectivity index (χ1v) is 8.27. The van der Waals surface area contributed by atoms with Crippen molar-refractivity contribution in [1.29, 1.82) is 0 Å². The van der Waals surface area contributed by atoms with Gasteiger partial charge in [-0.1, -0.05) is 18.2 Å². The molecule has 5 nitrogen and oxygen atoms in total. The number of ether oxygens (including phenoxy) is 2. The highest BCUT2D eigenvalue weighted by atomic mass is 19.4. The van der Waals surface area contributed by atoms with Gasteiger partial charge in [0.1, 0.15) is 5.75 Å². The number of alkyl halides is 3. The maximum Gasteiger partial charge on any atom is 0.573 e. The molecule has 1 aromatic heterocycles. The molecule has 0 saturated carbocycles. The molecule has 1 fully saturated rings. The Morgan fingerprint density at radius 1 is 1.04 bits per heavy atom. The standard InChI is InChI=1S/C18H20F3N3O2/c1-25-16-7-4-14(12-23-16)17(24-10-8-22-9-11-24)13-2-5-15(6-3-13)26-18(19,20)21/h2-7,12,17,22H,8-11H2,1H3/t17-/m1/s1. The smallest absolute Gasteiger partial charge is 0.481 e. The van der Waals surface area contributed by atoms with Crippen LogP contribution in [0, 0.1) is 0 Å². The van der Waals surface area contributed by atoms with Crippen LogP contribution in [0.25, 0.3) is 0 Å². The van der Waals surface area contributed by atoms with Crippen molar-refractivity contribution in [2.24, 2.45) is 0 Å². The van der Waals surface area contributed by atoms with Crippen molar-refractivity contribution in [3.05, 3.63) is 53.7 Å². The lowest BCUT2D eigenvalue weighted by atomic mass is 9.97. The summed E-state index contributed by atoms with van der Waals surface area (Å²) in [6.07, 6.45) is -2.95. The number of hydrogen-bond acceptors (Lipinski definition) is 5. The number of benzene rings is 1. The highest BCUT2D eigenvalue weighted by Crippen LogP contribution is 2.31. The van der Waals surface area contributed by atoms with E-state index in [0.717, 1.165) is 37.3 Å². The van der Waals surface area contributed by atoms with Crippen LogP contribution in [0.15, 0.2) is 42.6 Å². The summed E-state index contributed by atoms with van der Waals surface area (Å²) >= 11 is 0. The van der Waals surface area contributed by atoms with Crippen LogP contribution < -0.4 is 14.8 Å². The van der Waals surface area contributed by atoms with Gasteiger partial charge in [-0.25, -0.2) is 4.98 Å². The minimum Gasteiger partial charge on any atom is -0.481 e. The monoisotopic (exact) mass is 367 g/mol. The Balaban J connectivity index is 1.89. The highest BCUT2D eigenvalue weighted by molar-refractivity contribution is 5.36. The van der Waals surface area contributed by atoms with Crippen LogP contribution in [-0.2, 0) is 0 Å². The van der Waals surface area contributed by atoms with Crippen LogP contribution in [-0.4, -0.2) is 49.5 Å². The molecule has 2 heterocycles. The number of nitrogens with one attached hydrogen (secondary N) is 1. The lowest BCUT2D eigenvalue weighted by Crippen LogP contribution is -2.45. The van der Waals surface area contributed by atoms with E-state index in [4.69, 9.17) is 4.74 Å². The molecule has 0 aliphatic carbocycles. The van der Waals surface area contributed by atoms with Crippen molar-refractivity contribution in [3.8, 4) is 11.6 Å². The molecule has 1 N–H and O–H groups in total. The van der Waals surface area contributed by atoms with Gasteiger partial charge in [0.2, 0.25) is 5.88 Å². The number of methoxy groups -OCH3 is 1. The van der Waals surface area contributed by atoms with Gasteiger partial charge in [0.05, 0.1) is 13.2 Å². The molecule has 0 radical (unpaired) electrons. The number of rotatable bonds is 5. The normalized spacial score (nSPS) is 16.9. The largest absolute Gasteiger partial charge is 0.573 e. The second kappa shape index (κ2) is 7.92. The quantitative estimate of drug-likeness (QED) is 0.880. The number of pyridine rings is 1. The van der Waals surface area contributed by atoms with Crippen LogP contribution in [0.1, 0.15) is 17.2 Å². The Morgan fingerprint density at radius 3 is 2.23 bits per heavy atom. The van der Waals surface area contributed by atoms with Gasteiger partial charge in [-0.2, -0.15) is 0 Å². The second-order valence-electron chi connectivity index (χ2n) is 5.94. The molecule has 1 atom stereocenters. The maximum absolute atomic E-state index is 12.4. The Morgan fingerprint density at radius 2 is 1.69 bits per heavy atom. The van der Waals surface area contributed by atoms with E-state index in [0.29, 0.717) is 5.88 Å². The SMILES string of the molecule is COc1ccc([C@@H](c2ccc(OC(F)(F)F)cc2)N2CCNCC2)cn1. The molecule has 0 unspecified atom stereocenters. The van der Waals surface area contributed by atoms with Gasteiger partial charge in [-0.3, -0.25) is 4.90 Å². The first-order valence-electron chi connectivity index (χ1n) is 8.27. The van der Waals surface area contributed by atoms with Gasteiger partial charge in [0.25, 0.3) is 0 Å². The zero-order valence-corrected chi connectivity index (χ0v) is 14.3. The Bertz CT molecular complexity index is 699. The Kier molecular flexibility index (Phi) is 5.63. The van der Waals surface area contributed by atoms with Gasteiger partial charge >= 0.3 is 6.36 Å². The summed E-state index contributed by atoms with van der Waals surface area (Å²) in [7, 11) is 1.55. The molecule has 1 aromatic carbocycles. The lowest BCUT2D eigenvalue weighted by molar-refractivity contribution is -0.274. The van der Waals surface area contributed by atoms with Gasteiger partial charge in [-0.05, 0) is 23.3 Å².